The van der Waals surface area contributed by atoms with E-state index in [1.807, 2.05) is 0 Å². The number of rotatable bonds is 15. The second-order valence-corrected chi connectivity index (χ2v) is 8.74. The number of nitrogens with one attached hydrogen (secondary N) is 3. The monoisotopic (exact) mass is 510 g/mol. The molecule has 9 N–H and O–H groups in total. The van der Waals surface area contributed by atoms with Crippen LogP contribution in [0.1, 0.15) is 38.7 Å². The van der Waals surface area contributed by atoms with Crippen LogP contribution in [0.15, 0.2) is 24.3 Å². The molecule has 1 aromatic carbocycles. The van der Waals surface area contributed by atoms with E-state index in [1.165, 1.54) is 24.3 Å². The maximum Gasteiger partial charge on any atom is 0.326 e. The van der Waals surface area contributed by atoms with Gasteiger partial charge in [-0.15, -0.1) is 0 Å². The van der Waals surface area contributed by atoms with Crippen molar-refractivity contribution in [1.29, 1.82) is 0 Å². The molecule has 0 heterocycles. The number of carbonyl (C=O) groups excluding carboxylic acids is 3. The number of benzene rings is 1. The van der Waals surface area contributed by atoms with Crippen LogP contribution in [-0.4, -0.2) is 80.9 Å². The molecular weight excluding hydrogens is 476 g/mol. The van der Waals surface area contributed by atoms with Crippen molar-refractivity contribution < 1.29 is 44.4 Å². The smallest absolute Gasteiger partial charge is 0.326 e. The summed E-state index contributed by atoms with van der Waals surface area (Å²) in [7, 11) is 0. The molecule has 0 aliphatic rings. The molecule has 0 saturated heterocycles. The Morgan fingerprint density at radius 2 is 1.39 bits per heavy atom. The third-order valence-corrected chi connectivity index (χ3v) is 5.14. The molecule has 0 aliphatic heterocycles. The van der Waals surface area contributed by atoms with Gasteiger partial charge in [-0.05, 0) is 36.5 Å². The summed E-state index contributed by atoms with van der Waals surface area (Å²) in [4.78, 5) is 60.5. The van der Waals surface area contributed by atoms with Gasteiger partial charge in [0.2, 0.25) is 17.7 Å². The fraction of sp³-hybridized carbons (Fsp3) is 0.522. The summed E-state index contributed by atoms with van der Waals surface area (Å²) >= 11 is 0. The van der Waals surface area contributed by atoms with E-state index in [-0.39, 0.29) is 30.9 Å². The molecule has 13 nitrogen and oxygen atoms in total. The van der Waals surface area contributed by atoms with Crippen LogP contribution in [0.2, 0.25) is 0 Å². The van der Waals surface area contributed by atoms with Gasteiger partial charge in [-0.3, -0.25) is 19.2 Å². The molecule has 1 aromatic rings. The predicted octanol–water partition coefficient (Wildman–Crippen LogP) is -1.30. The number of aliphatic hydroxyl groups excluding tert-OH is 1. The molecule has 200 valence electrons. The molecule has 0 bridgehead atoms. The number of carboxylic acids is 2. The lowest BCUT2D eigenvalue weighted by Gasteiger charge is -2.26. The number of amides is 3. The molecule has 4 atom stereocenters. The van der Waals surface area contributed by atoms with E-state index < -0.39 is 66.9 Å². The molecule has 13 heteroatoms. The molecule has 1 rings (SSSR count). The highest BCUT2D eigenvalue weighted by Crippen LogP contribution is 2.13. The van der Waals surface area contributed by atoms with Gasteiger partial charge in [0.05, 0.1) is 6.61 Å². The van der Waals surface area contributed by atoms with Crippen molar-refractivity contribution in [3.05, 3.63) is 29.8 Å². The Balaban J connectivity index is 3.10. The Labute approximate surface area is 208 Å². The van der Waals surface area contributed by atoms with Gasteiger partial charge in [0.1, 0.15) is 29.9 Å². The van der Waals surface area contributed by atoms with Crippen molar-refractivity contribution >= 4 is 29.7 Å². The number of carbonyl (C=O) groups is 5. The number of aliphatic carboxylic acids is 2. The number of carboxylic acid groups (broad SMARTS) is 2. The second-order valence-electron chi connectivity index (χ2n) is 8.74. The van der Waals surface area contributed by atoms with Gasteiger partial charge in [-0.2, -0.15) is 0 Å². The Bertz CT molecular complexity index is 921. The maximum atomic E-state index is 13.1. The summed E-state index contributed by atoms with van der Waals surface area (Å²) in [5.74, 6) is -5.14. The van der Waals surface area contributed by atoms with E-state index in [4.69, 9.17) is 15.9 Å². The first-order valence-corrected chi connectivity index (χ1v) is 11.3. The normalized spacial score (nSPS) is 14.2. The van der Waals surface area contributed by atoms with Crippen LogP contribution in [0.25, 0.3) is 0 Å². The number of hydrogen-bond donors (Lipinski definition) is 8. The van der Waals surface area contributed by atoms with Crippen molar-refractivity contribution in [2.24, 2.45) is 11.7 Å². The van der Waals surface area contributed by atoms with Crippen LogP contribution in [0.4, 0.5) is 0 Å². The lowest BCUT2D eigenvalue weighted by Crippen LogP contribution is -2.58. The Morgan fingerprint density at radius 3 is 1.89 bits per heavy atom. The van der Waals surface area contributed by atoms with Gasteiger partial charge in [0, 0.05) is 12.8 Å². The van der Waals surface area contributed by atoms with Gasteiger partial charge in [0.25, 0.3) is 0 Å². The summed E-state index contributed by atoms with van der Waals surface area (Å²) in [5.41, 5.74) is 6.10. The van der Waals surface area contributed by atoms with Crippen molar-refractivity contribution in [3.8, 4) is 5.75 Å². The summed E-state index contributed by atoms with van der Waals surface area (Å²) in [5, 5.41) is 44.0. The first-order valence-electron chi connectivity index (χ1n) is 11.3. The topological polar surface area (TPSA) is 228 Å². The van der Waals surface area contributed by atoms with Crippen LogP contribution >= 0.6 is 0 Å². The first-order chi connectivity index (χ1) is 16.8. The van der Waals surface area contributed by atoms with Crippen LogP contribution in [0.3, 0.4) is 0 Å². The maximum absolute atomic E-state index is 13.1. The standard InChI is InChI=1S/C23H34N4O9/c1-12(2)9-17(21(33)25-16(23(35)36)7-8-19(30)31)27-22(34)18(26-20(32)15(24)11-28)10-13-3-5-14(29)6-4-13/h3-6,12,15-18,28-29H,7-11,24H2,1-2H3,(H,25,33)(H,26,32)(H,27,34)(H,30,31)(H,35,36). The zero-order valence-electron chi connectivity index (χ0n) is 20.1. The number of phenols is 1. The zero-order chi connectivity index (χ0) is 27.4. The summed E-state index contributed by atoms with van der Waals surface area (Å²) in [6, 6.07) is 0.681. The number of nitrogens with two attached hydrogens (primary N) is 1. The average molecular weight is 511 g/mol. The highest BCUT2D eigenvalue weighted by Gasteiger charge is 2.31. The van der Waals surface area contributed by atoms with Crippen molar-refractivity contribution in [1.82, 2.24) is 16.0 Å². The zero-order valence-corrected chi connectivity index (χ0v) is 20.1. The highest BCUT2D eigenvalue weighted by atomic mass is 16.4. The highest BCUT2D eigenvalue weighted by molar-refractivity contribution is 5.94. The van der Waals surface area contributed by atoms with Crippen LogP contribution in [0.5, 0.6) is 5.75 Å². The van der Waals surface area contributed by atoms with Crippen LogP contribution in [-0.2, 0) is 30.4 Å². The van der Waals surface area contributed by atoms with Gasteiger partial charge in [-0.1, -0.05) is 26.0 Å². The van der Waals surface area contributed by atoms with Crippen molar-refractivity contribution in [3.63, 3.8) is 0 Å². The Kier molecular flexibility index (Phi) is 12.3. The van der Waals surface area contributed by atoms with E-state index in [9.17, 15) is 34.2 Å². The minimum absolute atomic E-state index is 0.00404. The van der Waals surface area contributed by atoms with E-state index in [0.717, 1.165) is 0 Å². The van der Waals surface area contributed by atoms with E-state index in [0.29, 0.717) is 5.56 Å². The molecular formula is C23H34N4O9. The van der Waals surface area contributed by atoms with Gasteiger partial charge < -0.3 is 42.1 Å². The lowest BCUT2D eigenvalue weighted by atomic mass is 10.00. The lowest BCUT2D eigenvalue weighted by molar-refractivity contribution is -0.143. The Hall–Kier alpha value is -3.71. The SMILES string of the molecule is CC(C)CC(NC(=O)C(Cc1ccc(O)cc1)NC(=O)C(N)CO)C(=O)NC(CCC(=O)O)C(=O)O. The first kappa shape index (κ1) is 30.3. The van der Waals surface area contributed by atoms with Crippen LogP contribution < -0.4 is 21.7 Å². The number of hydrogen-bond acceptors (Lipinski definition) is 8. The number of aliphatic hydroxyl groups is 1. The summed E-state index contributed by atoms with van der Waals surface area (Å²) in [6.07, 6.45) is -0.747. The predicted molar refractivity (Wildman–Crippen MR) is 127 cm³/mol. The molecule has 36 heavy (non-hydrogen) atoms. The minimum atomic E-state index is -1.48. The largest absolute Gasteiger partial charge is 0.508 e. The summed E-state index contributed by atoms with van der Waals surface area (Å²) < 4.78 is 0. The number of aromatic hydroxyl groups is 1. The third-order valence-electron chi connectivity index (χ3n) is 5.14. The third kappa shape index (κ3) is 10.7. The van der Waals surface area contributed by atoms with E-state index >= 15 is 0 Å². The molecule has 0 fully saturated rings. The molecule has 0 spiro atoms. The van der Waals surface area contributed by atoms with Crippen molar-refractivity contribution in [2.45, 2.75) is 63.7 Å². The van der Waals surface area contributed by atoms with Crippen molar-refractivity contribution in [2.75, 3.05) is 6.61 Å². The minimum Gasteiger partial charge on any atom is -0.508 e. The molecule has 4 unspecified atom stereocenters. The Morgan fingerprint density at radius 1 is 0.861 bits per heavy atom. The quantitative estimate of drug-likeness (QED) is 0.139. The van der Waals surface area contributed by atoms with E-state index in [2.05, 4.69) is 16.0 Å². The molecule has 0 radical (unpaired) electrons. The average Bonchev–Trinajstić information content (AvgIpc) is 2.80. The van der Waals surface area contributed by atoms with Gasteiger partial charge in [0.15, 0.2) is 0 Å². The fourth-order valence-electron chi connectivity index (χ4n) is 3.21. The molecule has 0 aromatic heterocycles. The van der Waals surface area contributed by atoms with Gasteiger partial charge >= 0.3 is 11.9 Å². The molecule has 0 aliphatic carbocycles. The van der Waals surface area contributed by atoms with E-state index in [1.54, 1.807) is 13.8 Å². The number of phenolic OH excluding ortho intramolecular Hbond substituents is 1. The molecule has 0 saturated carbocycles. The summed E-state index contributed by atoms with van der Waals surface area (Å²) in [6.45, 7) is 2.90. The van der Waals surface area contributed by atoms with Gasteiger partial charge in [-0.25, -0.2) is 4.79 Å². The van der Waals surface area contributed by atoms with Crippen LogP contribution in [0, 0.1) is 5.92 Å². The molecule has 3 amide bonds. The fourth-order valence-corrected chi connectivity index (χ4v) is 3.21. The second kappa shape index (κ2) is 14.6.